The van der Waals surface area contributed by atoms with Crippen LogP contribution in [-0.2, 0) is 19.0 Å². The maximum Gasteiger partial charge on any atom is 0.384 e. The van der Waals surface area contributed by atoms with Crippen LogP contribution in [0.1, 0.15) is 34.6 Å². The molecule has 0 saturated carbocycles. The van der Waals surface area contributed by atoms with Crippen molar-refractivity contribution in [3.8, 4) is 11.8 Å². The van der Waals surface area contributed by atoms with E-state index in [2.05, 4.69) is 11.8 Å². The molecule has 0 aromatic rings. The van der Waals surface area contributed by atoms with Gasteiger partial charge in [0.05, 0.1) is 6.61 Å². The molecule has 0 radical (unpaired) electrons. The third-order valence-corrected chi connectivity index (χ3v) is 2.10. The normalized spacial score (nSPS) is 12.9. The standard InChI is InChI=1S/C13H22O4/c1-7-16-12(14)9-8-11(10(2)3)17-13(4,5)15-6/h10-11H,7H2,1-6H3. The Hall–Kier alpha value is -1.05. The maximum atomic E-state index is 11.1. The van der Waals surface area contributed by atoms with Crippen molar-refractivity contribution in [1.29, 1.82) is 0 Å². The predicted molar refractivity (Wildman–Crippen MR) is 65.2 cm³/mol. The summed E-state index contributed by atoms with van der Waals surface area (Å²) in [5.41, 5.74) is 0. The van der Waals surface area contributed by atoms with Crippen molar-refractivity contribution in [1.82, 2.24) is 0 Å². The van der Waals surface area contributed by atoms with Gasteiger partial charge in [-0.2, -0.15) is 0 Å². The summed E-state index contributed by atoms with van der Waals surface area (Å²) in [7, 11) is 1.57. The monoisotopic (exact) mass is 242 g/mol. The van der Waals surface area contributed by atoms with Crippen molar-refractivity contribution in [2.75, 3.05) is 13.7 Å². The summed E-state index contributed by atoms with van der Waals surface area (Å²) in [6, 6.07) is 0. The first kappa shape index (κ1) is 16.0. The third-order valence-electron chi connectivity index (χ3n) is 2.10. The van der Waals surface area contributed by atoms with E-state index in [1.54, 1.807) is 27.9 Å². The zero-order valence-corrected chi connectivity index (χ0v) is 11.5. The minimum atomic E-state index is -0.724. The van der Waals surface area contributed by atoms with E-state index in [4.69, 9.17) is 14.2 Å². The van der Waals surface area contributed by atoms with Gasteiger partial charge in [0.2, 0.25) is 0 Å². The fraction of sp³-hybridized carbons (Fsp3) is 0.769. The van der Waals surface area contributed by atoms with Gasteiger partial charge in [0.15, 0.2) is 5.79 Å². The first-order valence-electron chi connectivity index (χ1n) is 5.73. The molecule has 0 rings (SSSR count). The van der Waals surface area contributed by atoms with Crippen LogP contribution in [0.25, 0.3) is 0 Å². The molecule has 0 aliphatic rings. The summed E-state index contributed by atoms with van der Waals surface area (Å²) in [6.45, 7) is 9.60. The third kappa shape index (κ3) is 6.98. The minimum Gasteiger partial charge on any atom is -0.456 e. The number of rotatable bonds is 5. The molecule has 0 fully saturated rings. The molecule has 0 saturated heterocycles. The summed E-state index contributed by atoms with van der Waals surface area (Å²) in [5.74, 6) is 4.09. The van der Waals surface area contributed by atoms with Crippen molar-refractivity contribution >= 4 is 5.97 Å². The van der Waals surface area contributed by atoms with E-state index >= 15 is 0 Å². The average molecular weight is 242 g/mol. The molecular formula is C13H22O4. The van der Waals surface area contributed by atoms with Crippen LogP contribution in [0.4, 0.5) is 0 Å². The molecule has 4 nitrogen and oxygen atoms in total. The molecule has 0 spiro atoms. The zero-order valence-electron chi connectivity index (χ0n) is 11.5. The zero-order chi connectivity index (χ0) is 13.5. The fourth-order valence-electron chi connectivity index (χ4n) is 0.983. The summed E-state index contributed by atoms with van der Waals surface area (Å²) in [4.78, 5) is 11.1. The van der Waals surface area contributed by atoms with Crippen molar-refractivity contribution in [3.05, 3.63) is 0 Å². The number of hydrogen-bond donors (Lipinski definition) is 0. The van der Waals surface area contributed by atoms with E-state index in [1.807, 2.05) is 13.8 Å². The smallest absolute Gasteiger partial charge is 0.384 e. The van der Waals surface area contributed by atoms with E-state index in [9.17, 15) is 4.79 Å². The fourth-order valence-corrected chi connectivity index (χ4v) is 0.983. The van der Waals surface area contributed by atoms with Gasteiger partial charge in [-0.3, -0.25) is 0 Å². The SMILES string of the molecule is CCOC(=O)C#CC(OC(C)(C)OC)C(C)C. The van der Waals surface area contributed by atoms with Crippen LogP contribution in [0.3, 0.4) is 0 Å². The predicted octanol–water partition coefficient (Wildman–Crippen LogP) is 1.98. The lowest BCUT2D eigenvalue weighted by Gasteiger charge is -2.28. The Labute approximate surface area is 104 Å². The van der Waals surface area contributed by atoms with E-state index < -0.39 is 11.8 Å². The number of methoxy groups -OCH3 is 1. The lowest BCUT2D eigenvalue weighted by atomic mass is 10.1. The van der Waals surface area contributed by atoms with E-state index in [0.717, 1.165) is 0 Å². The Bertz CT molecular complexity index is 296. The topological polar surface area (TPSA) is 44.8 Å². The summed E-state index contributed by atoms with van der Waals surface area (Å²) < 4.78 is 15.6. The molecule has 0 aromatic carbocycles. The number of carbonyl (C=O) groups excluding carboxylic acids is 1. The van der Waals surface area contributed by atoms with Crippen LogP contribution >= 0.6 is 0 Å². The van der Waals surface area contributed by atoms with Crippen LogP contribution in [0.5, 0.6) is 0 Å². The van der Waals surface area contributed by atoms with E-state index in [0.29, 0.717) is 6.61 Å². The first-order chi connectivity index (χ1) is 7.82. The Morgan fingerprint density at radius 3 is 2.35 bits per heavy atom. The van der Waals surface area contributed by atoms with Crippen LogP contribution in [0.15, 0.2) is 0 Å². The van der Waals surface area contributed by atoms with Gasteiger partial charge in [0.1, 0.15) is 6.10 Å². The molecule has 1 atom stereocenters. The number of esters is 1. The highest BCUT2D eigenvalue weighted by Crippen LogP contribution is 2.17. The quantitative estimate of drug-likeness (QED) is 0.320. The highest BCUT2D eigenvalue weighted by Gasteiger charge is 2.24. The van der Waals surface area contributed by atoms with Crippen LogP contribution in [0, 0.1) is 17.8 Å². The summed E-state index contributed by atoms with van der Waals surface area (Å²) >= 11 is 0. The van der Waals surface area contributed by atoms with Gasteiger partial charge < -0.3 is 14.2 Å². The van der Waals surface area contributed by atoms with Gasteiger partial charge >= 0.3 is 5.97 Å². The molecule has 0 aliphatic heterocycles. The number of carbonyl (C=O) groups is 1. The van der Waals surface area contributed by atoms with Crippen LogP contribution < -0.4 is 0 Å². The van der Waals surface area contributed by atoms with E-state index in [-0.39, 0.29) is 12.0 Å². The Morgan fingerprint density at radius 2 is 1.94 bits per heavy atom. The second-order valence-electron chi connectivity index (χ2n) is 4.38. The summed E-state index contributed by atoms with van der Waals surface area (Å²) in [5, 5.41) is 0. The van der Waals surface area contributed by atoms with Crippen molar-refractivity contribution in [3.63, 3.8) is 0 Å². The van der Waals surface area contributed by atoms with Crippen LogP contribution in [0.2, 0.25) is 0 Å². The molecule has 17 heavy (non-hydrogen) atoms. The second-order valence-corrected chi connectivity index (χ2v) is 4.38. The Balaban J connectivity index is 4.60. The van der Waals surface area contributed by atoms with Gasteiger partial charge in [-0.05, 0) is 26.7 Å². The molecule has 0 bridgehead atoms. The van der Waals surface area contributed by atoms with E-state index in [1.165, 1.54) is 0 Å². The summed E-state index contributed by atoms with van der Waals surface area (Å²) in [6.07, 6.45) is -0.366. The minimum absolute atomic E-state index is 0.159. The Kier molecular flexibility index (Phi) is 6.86. The largest absolute Gasteiger partial charge is 0.456 e. The molecule has 0 amide bonds. The lowest BCUT2D eigenvalue weighted by molar-refractivity contribution is -0.218. The van der Waals surface area contributed by atoms with Crippen molar-refractivity contribution < 1.29 is 19.0 Å². The number of ether oxygens (including phenoxy) is 3. The van der Waals surface area contributed by atoms with Gasteiger partial charge in [0, 0.05) is 13.0 Å². The molecule has 0 aliphatic carbocycles. The molecule has 98 valence electrons. The molecular weight excluding hydrogens is 220 g/mol. The molecule has 0 N–H and O–H groups in total. The van der Waals surface area contributed by atoms with Gasteiger partial charge in [-0.1, -0.05) is 19.8 Å². The second kappa shape index (κ2) is 7.31. The molecule has 4 heteroatoms. The Morgan fingerprint density at radius 1 is 1.35 bits per heavy atom. The average Bonchev–Trinajstić information content (AvgIpc) is 2.24. The maximum absolute atomic E-state index is 11.1. The molecule has 0 aromatic heterocycles. The highest BCUT2D eigenvalue weighted by atomic mass is 16.7. The van der Waals surface area contributed by atoms with Gasteiger partial charge in [-0.15, -0.1) is 0 Å². The number of hydrogen-bond acceptors (Lipinski definition) is 4. The van der Waals surface area contributed by atoms with Gasteiger partial charge in [0.25, 0.3) is 0 Å². The van der Waals surface area contributed by atoms with Gasteiger partial charge in [-0.25, -0.2) is 4.79 Å². The molecule has 0 heterocycles. The van der Waals surface area contributed by atoms with Crippen molar-refractivity contribution in [2.24, 2.45) is 5.92 Å². The van der Waals surface area contributed by atoms with Crippen molar-refractivity contribution in [2.45, 2.75) is 46.5 Å². The highest BCUT2D eigenvalue weighted by molar-refractivity contribution is 5.88. The van der Waals surface area contributed by atoms with Crippen LogP contribution in [-0.4, -0.2) is 31.6 Å². The first-order valence-corrected chi connectivity index (χ1v) is 5.73. The molecule has 1 unspecified atom stereocenters. The lowest BCUT2D eigenvalue weighted by Crippen LogP contribution is -2.34.